The lowest BCUT2D eigenvalue weighted by molar-refractivity contribution is 0.0190. The fraction of sp³-hybridized carbons (Fsp3) is 0.667. The number of amides is 1. The van der Waals surface area contributed by atoms with Crippen LogP contribution >= 0.6 is 0 Å². The van der Waals surface area contributed by atoms with Crippen LogP contribution in [0.3, 0.4) is 0 Å². The molecule has 6 nitrogen and oxygen atoms in total. The minimum atomic E-state index is -0.0339. The van der Waals surface area contributed by atoms with E-state index in [0.29, 0.717) is 11.4 Å². The number of nitrogens with two attached hydrogens (primary N) is 1. The predicted octanol–water partition coefficient (Wildman–Crippen LogP) is 0.635. The van der Waals surface area contributed by atoms with Crippen molar-refractivity contribution in [3.8, 4) is 0 Å². The average molecular weight is 250 g/mol. The van der Waals surface area contributed by atoms with Crippen molar-refractivity contribution in [2.45, 2.75) is 19.3 Å². The largest absolute Gasteiger partial charge is 0.396 e. The Morgan fingerprint density at radius 3 is 2.89 bits per heavy atom. The standard InChI is InChI=1S/C12H18N4O2/c13-9-7-14-15-10(9)11(17)16-4-1-12(8-16)2-5-18-6-3-12/h7H,1-6,8,13H2,(H,14,15). The van der Waals surface area contributed by atoms with Crippen molar-refractivity contribution in [2.75, 3.05) is 32.0 Å². The molecular formula is C12H18N4O2. The SMILES string of the molecule is Nc1cn[nH]c1C(=O)N1CCC2(CCOCC2)C1. The van der Waals surface area contributed by atoms with Gasteiger partial charge in [-0.2, -0.15) is 5.10 Å². The second kappa shape index (κ2) is 4.28. The van der Waals surface area contributed by atoms with Gasteiger partial charge in [0.1, 0.15) is 5.69 Å². The van der Waals surface area contributed by atoms with E-state index >= 15 is 0 Å². The molecule has 98 valence electrons. The molecule has 3 heterocycles. The lowest BCUT2D eigenvalue weighted by Crippen LogP contribution is -2.35. The summed E-state index contributed by atoms with van der Waals surface area (Å²) in [5.74, 6) is -0.0339. The summed E-state index contributed by atoms with van der Waals surface area (Å²) in [4.78, 5) is 14.2. The van der Waals surface area contributed by atoms with Gasteiger partial charge >= 0.3 is 0 Å². The van der Waals surface area contributed by atoms with E-state index < -0.39 is 0 Å². The van der Waals surface area contributed by atoms with E-state index in [1.165, 1.54) is 6.20 Å². The van der Waals surface area contributed by atoms with Gasteiger partial charge in [-0.15, -0.1) is 0 Å². The highest BCUT2D eigenvalue weighted by Gasteiger charge is 2.41. The summed E-state index contributed by atoms with van der Waals surface area (Å²) in [6.07, 6.45) is 4.65. The van der Waals surface area contributed by atoms with E-state index in [1.807, 2.05) is 4.90 Å². The van der Waals surface area contributed by atoms with Gasteiger partial charge in [-0.3, -0.25) is 9.89 Å². The Morgan fingerprint density at radius 1 is 1.44 bits per heavy atom. The van der Waals surface area contributed by atoms with E-state index in [4.69, 9.17) is 10.5 Å². The van der Waals surface area contributed by atoms with Crippen molar-refractivity contribution in [3.63, 3.8) is 0 Å². The summed E-state index contributed by atoms with van der Waals surface area (Å²) in [6, 6.07) is 0. The second-order valence-corrected chi connectivity index (χ2v) is 5.29. The molecule has 1 amide bonds. The molecule has 3 N–H and O–H groups in total. The van der Waals surface area contributed by atoms with Gasteiger partial charge in [0.15, 0.2) is 0 Å². The molecule has 2 aliphatic rings. The minimum absolute atomic E-state index is 0.0339. The molecule has 0 aliphatic carbocycles. The Morgan fingerprint density at radius 2 is 2.22 bits per heavy atom. The van der Waals surface area contributed by atoms with E-state index in [1.54, 1.807) is 0 Å². The van der Waals surface area contributed by atoms with Crippen LogP contribution in [-0.2, 0) is 4.74 Å². The van der Waals surface area contributed by atoms with E-state index in [-0.39, 0.29) is 11.3 Å². The van der Waals surface area contributed by atoms with Crippen molar-refractivity contribution < 1.29 is 9.53 Å². The summed E-state index contributed by atoms with van der Waals surface area (Å²) in [7, 11) is 0. The van der Waals surface area contributed by atoms with E-state index in [9.17, 15) is 4.79 Å². The van der Waals surface area contributed by atoms with Gasteiger partial charge in [-0.1, -0.05) is 0 Å². The highest BCUT2D eigenvalue weighted by molar-refractivity contribution is 5.97. The number of H-pyrrole nitrogens is 1. The molecule has 1 spiro atoms. The van der Waals surface area contributed by atoms with Crippen LogP contribution in [0.1, 0.15) is 29.8 Å². The molecule has 3 rings (SSSR count). The van der Waals surface area contributed by atoms with Crippen LogP contribution in [0.4, 0.5) is 5.69 Å². The monoisotopic (exact) mass is 250 g/mol. The van der Waals surface area contributed by atoms with Crippen molar-refractivity contribution in [3.05, 3.63) is 11.9 Å². The summed E-state index contributed by atoms with van der Waals surface area (Å²) in [5.41, 5.74) is 6.82. The topological polar surface area (TPSA) is 84.2 Å². The third kappa shape index (κ3) is 1.86. The van der Waals surface area contributed by atoms with Crippen molar-refractivity contribution >= 4 is 11.6 Å². The van der Waals surface area contributed by atoms with E-state index in [0.717, 1.165) is 45.6 Å². The second-order valence-electron chi connectivity index (χ2n) is 5.29. The highest BCUT2D eigenvalue weighted by Crippen LogP contribution is 2.40. The number of hydrogen-bond donors (Lipinski definition) is 2. The number of aromatic nitrogens is 2. The quantitative estimate of drug-likeness (QED) is 0.766. The zero-order chi connectivity index (χ0) is 12.6. The number of nitrogen functional groups attached to an aromatic ring is 1. The smallest absolute Gasteiger partial charge is 0.274 e. The van der Waals surface area contributed by atoms with Crippen molar-refractivity contribution in [2.24, 2.45) is 5.41 Å². The van der Waals surface area contributed by atoms with E-state index in [2.05, 4.69) is 10.2 Å². The number of nitrogens with one attached hydrogen (secondary N) is 1. The van der Waals surface area contributed by atoms with Crippen molar-refractivity contribution in [1.29, 1.82) is 0 Å². The molecule has 0 radical (unpaired) electrons. The van der Waals surface area contributed by atoms with Crippen LogP contribution in [0, 0.1) is 5.41 Å². The third-order valence-corrected chi connectivity index (χ3v) is 4.16. The summed E-state index contributed by atoms with van der Waals surface area (Å²) < 4.78 is 5.40. The lowest BCUT2D eigenvalue weighted by Gasteiger charge is -2.33. The lowest BCUT2D eigenvalue weighted by atomic mass is 9.80. The molecule has 2 aliphatic heterocycles. The molecule has 1 aromatic heterocycles. The zero-order valence-electron chi connectivity index (χ0n) is 10.3. The van der Waals surface area contributed by atoms with Gasteiger partial charge < -0.3 is 15.4 Å². The molecule has 0 unspecified atom stereocenters. The minimum Gasteiger partial charge on any atom is -0.396 e. The van der Waals surface area contributed by atoms with Crippen molar-refractivity contribution in [1.82, 2.24) is 15.1 Å². The third-order valence-electron chi connectivity index (χ3n) is 4.16. The number of hydrogen-bond acceptors (Lipinski definition) is 4. The first-order valence-corrected chi connectivity index (χ1v) is 6.36. The summed E-state index contributed by atoms with van der Waals surface area (Å²) >= 11 is 0. The molecule has 0 saturated carbocycles. The number of ether oxygens (including phenoxy) is 1. The first kappa shape index (κ1) is 11.5. The number of nitrogens with zero attached hydrogens (tertiary/aromatic N) is 2. The maximum Gasteiger partial charge on any atom is 0.274 e. The number of aromatic amines is 1. The van der Waals surface area contributed by atoms with Crippen LogP contribution in [0.5, 0.6) is 0 Å². The number of carbonyl (C=O) groups is 1. The highest BCUT2D eigenvalue weighted by atomic mass is 16.5. The van der Waals surface area contributed by atoms with Crippen LogP contribution < -0.4 is 5.73 Å². The maximum absolute atomic E-state index is 12.3. The molecule has 0 bridgehead atoms. The fourth-order valence-electron chi connectivity index (χ4n) is 2.95. The van der Waals surface area contributed by atoms with Gasteiger partial charge in [0.2, 0.25) is 0 Å². The first-order chi connectivity index (χ1) is 8.70. The summed E-state index contributed by atoms with van der Waals surface area (Å²) in [6.45, 7) is 3.24. The number of anilines is 1. The van der Waals surface area contributed by atoms with Crippen LogP contribution in [0.15, 0.2) is 6.20 Å². The van der Waals surface area contributed by atoms with Gasteiger partial charge in [0.05, 0.1) is 11.9 Å². The molecule has 1 aromatic rings. The molecule has 0 aromatic carbocycles. The Labute approximate surface area is 105 Å². The molecule has 2 saturated heterocycles. The summed E-state index contributed by atoms with van der Waals surface area (Å²) in [5, 5.41) is 6.48. The molecule has 2 fully saturated rings. The maximum atomic E-state index is 12.3. The molecular weight excluding hydrogens is 232 g/mol. The van der Waals surface area contributed by atoms with Crippen LogP contribution in [-0.4, -0.2) is 47.3 Å². The van der Waals surface area contributed by atoms with Crippen LogP contribution in [0.25, 0.3) is 0 Å². The average Bonchev–Trinajstić information content (AvgIpc) is 2.97. The Balaban J connectivity index is 1.72. The Hall–Kier alpha value is -1.56. The van der Waals surface area contributed by atoms with Crippen LogP contribution in [0.2, 0.25) is 0 Å². The Bertz CT molecular complexity index is 451. The normalized spacial score (nSPS) is 22.6. The number of likely N-dealkylation sites (tertiary alicyclic amines) is 1. The molecule has 18 heavy (non-hydrogen) atoms. The number of rotatable bonds is 1. The number of carbonyl (C=O) groups excluding carboxylic acids is 1. The Kier molecular flexibility index (Phi) is 2.74. The predicted molar refractivity (Wildman–Crippen MR) is 66.0 cm³/mol. The molecule has 6 heteroatoms. The van der Waals surface area contributed by atoms with Gasteiger partial charge in [0, 0.05) is 26.3 Å². The first-order valence-electron chi connectivity index (χ1n) is 6.36. The van der Waals surface area contributed by atoms with Gasteiger partial charge in [-0.25, -0.2) is 0 Å². The van der Waals surface area contributed by atoms with Gasteiger partial charge in [-0.05, 0) is 24.7 Å². The van der Waals surface area contributed by atoms with Gasteiger partial charge in [0.25, 0.3) is 5.91 Å². The molecule has 0 atom stereocenters. The zero-order valence-corrected chi connectivity index (χ0v) is 10.3. The fourth-order valence-corrected chi connectivity index (χ4v) is 2.95.